The van der Waals surface area contributed by atoms with Gasteiger partial charge in [-0.2, -0.15) is 0 Å². The van der Waals surface area contributed by atoms with Crippen LogP contribution < -0.4 is 15.5 Å². The molecule has 34 heavy (non-hydrogen) atoms. The molecule has 2 aromatic carbocycles. The fourth-order valence-corrected chi connectivity index (χ4v) is 4.98. The van der Waals surface area contributed by atoms with Gasteiger partial charge in [-0.1, -0.05) is 18.2 Å². The van der Waals surface area contributed by atoms with Gasteiger partial charge >= 0.3 is 0 Å². The molecule has 2 aliphatic rings. The zero-order valence-corrected chi connectivity index (χ0v) is 19.0. The Morgan fingerprint density at radius 1 is 0.941 bits per heavy atom. The fourth-order valence-electron chi connectivity index (χ4n) is 4.98. The minimum atomic E-state index is 0.140. The predicted octanol–water partition coefficient (Wildman–Crippen LogP) is 4.44. The van der Waals surface area contributed by atoms with Gasteiger partial charge in [0.15, 0.2) is 0 Å². The molecule has 2 aliphatic heterocycles. The summed E-state index contributed by atoms with van der Waals surface area (Å²) in [7, 11) is 0. The summed E-state index contributed by atoms with van der Waals surface area (Å²) in [4.78, 5) is 24.3. The van der Waals surface area contributed by atoms with E-state index in [1.807, 2.05) is 30.5 Å². The number of carbonyl (C=O) groups is 1. The molecule has 7 nitrogen and oxygen atoms in total. The molecule has 0 radical (unpaired) electrons. The molecule has 4 aromatic rings. The predicted molar refractivity (Wildman–Crippen MR) is 136 cm³/mol. The topological polar surface area (TPSA) is 87.5 Å². The summed E-state index contributed by atoms with van der Waals surface area (Å²) in [5, 5.41) is 1.04. The minimum Gasteiger partial charge on any atom is -0.397 e. The zero-order valence-electron chi connectivity index (χ0n) is 19.0. The van der Waals surface area contributed by atoms with Crippen LogP contribution in [0.1, 0.15) is 12.8 Å². The van der Waals surface area contributed by atoms with Crippen molar-refractivity contribution in [2.45, 2.75) is 12.8 Å². The molecule has 7 heteroatoms. The highest BCUT2D eigenvalue weighted by atomic mass is 16.5. The Bertz CT molecular complexity index is 1360. The summed E-state index contributed by atoms with van der Waals surface area (Å²) in [6.45, 7) is 4.13. The van der Waals surface area contributed by atoms with Gasteiger partial charge in [0.25, 0.3) is 0 Å². The van der Waals surface area contributed by atoms with Crippen molar-refractivity contribution in [3.63, 3.8) is 0 Å². The Morgan fingerprint density at radius 3 is 2.47 bits per heavy atom. The number of pyridine rings is 1. The molecule has 1 amide bonds. The Hall–Kier alpha value is -3.84. The number of nitrogen functional groups attached to an aromatic ring is 1. The smallest absolute Gasteiger partial charge is 0.227 e. The van der Waals surface area contributed by atoms with Gasteiger partial charge in [-0.05, 0) is 59.5 Å². The van der Waals surface area contributed by atoms with E-state index in [0.29, 0.717) is 12.1 Å². The third-order valence-electron chi connectivity index (χ3n) is 6.79. The van der Waals surface area contributed by atoms with Crippen molar-refractivity contribution >= 4 is 34.0 Å². The normalized spacial score (nSPS) is 16.5. The Labute approximate surface area is 198 Å². The van der Waals surface area contributed by atoms with Gasteiger partial charge in [0, 0.05) is 49.0 Å². The number of amides is 1. The second kappa shape index (κ2) is 8.50. The van der Waals surface area contributed by atoms with Crippen LogP contribution in [0, 0.1) is 0 Å². The molecule has 2 aromatic heterocycles. The first-order valence-electron chi connectivity index (χ1n) is 11.8. The van der Waals surface area contributed by atoms with Crippen LogP contribution in [0.5, 0.6) is 0 Å². The number of nitrogens with two attached hydrogens (primary N) is 1. The number of morpholine rings is 1. The van der Waals surface area contributed by atoms with Gasteiger partial charge in [0.1, 0.15) is 5.65 Å². The summed E-state index contributed by atoms with van der Waals surface area (Å²) in [5.41, 5.74) is 14.1. The second-order valence-corrected chi connectivity index (χ2v) is 8.87. The maximum atomic E-state index is 12.2. The van der Waals surface area contributed by atoms with E-state index in [4.69, 9.17) is 10.5 Å². The zero-order chi connectivity index (χ0) is 23.1. The SMILES string of the molecule is Nc1cc(-c2ccnc3[nH]c(-c4ccc(N5CCOCC5)cc4)cc23)ccc1N1CCCC1=O. The number of rotatable bonds is 4. The van der Waals surface area contributed by atoms with Crippen LogP contribution in [0.25, 0.3) is 33.4 Å². The average Bonchev–Trinajstić information content (AvgIpc) is 3.51. The number of hydrogen-bond donors (Lipinski definition) is 2. The Morgan fingerprint density at radius 2 is 1.74 bits per heavy atom. The van der Waals surface area contributed by atoms with Crippen LogP contribution in [0.3, 0.4) is 0 Å². The number of nitrogens with one attached hydrogen (secondary N) is 1. The molecule has 4 heterocycles. The lowest BCUT2D eigenvalue weighted by molar-refractivity contribution is -0.117. The van der Waals surface area contributed by atoms with E-state index in [1.165, 1.54) is 5.69 Å². The van der Waals surface area contributed by atoms with E-state index < -0.39 is 0 Å². The number of aromatic nitrogens is 2. The number of hydrogen-bond acceptors (Lipinski definition) is 5. The van der Waals surface area contributed by atoms with Gasteiger partial charge in [-0.15, -0.1) is 0 Å². The molecular formula is C27H27N5O2. The fraction of sp³-hybridized carbons (Fsp3) is 0.259. The molecule has 0 saturated carbocycles. The number of ether oxygens (including phenoxy) is 1. The van der Waals surface area contributed by atoms with Crippen molar-refractivity contribution in [3.8, 4) is 22.4 Å². The maximum Gasteiger partial charge on any atom is 0.227 e. The molecule has 0 aliphatic carbocycles. The lowest BCUT2D eigenvalue weighted by Crippen LogP contribution is -2.36. The number of anilines is 3. The average molecular weight is 454 g/mol. The first-order chi connectivity index (χ1) is 16.7. The van der Waals surface area contributed by atoms with Crippen LogP contribution in [0.4, 0.5) is 17.1 Å². The second-order valence-electron chi connectivity index (χ2n) is 8.87. The van der Waals surface area contributed by atoms with Crippen molar-refractivity contribution in [2.75, 3.05) is 48.4 Å². The van der Waals surface area contributed by atoms with Crippen LogP contribution >= 0.6 is 0 Å². The first-order valence-corrected chi connectivity index (χ1v) is 11.8. The van der Waals surface area contributed by atoms with Gasteiger partial charge < -0.3 is 25.3 Å². The quantitative estimate of drug-likeness (QED) is 0.446. The molecule has 2 saturated heterocycles. The highest BCUT2D eigenvalue weighted by Crippen LogP contribution is 2.36. The van der Waals surface area contributed by atoms with Crippen molar-refractivity contribution < 1.29 is 9.53 Å². The number of nitrogens with zero attached hydrogens (tertiary/aromatic N) is 3. The van der Waals surface area contributed by atoms with Crippen molar-refractivity contribution in [2.24, 2.45) is 0 Å². The van der Waals surface area contributed by atoms with E-state index >= 15 is 0 Å². The number of H-pyrrole nitrogens is 1. The number of aromatic amines is 1. The molecule has 0 spiro atoms. The molecule has 3 N–H and O–H groups in total. The monoisotopic (exact) mass is 453 g/mol. The molecule has 172 valence electrons. The van der Waals surface area contributed by atoms with Crippen LogP contribution in [-0.4, -0.2) is 48.7 Å². The molecular weight excluding hydrogens is 426 g/mol. The standard InChI is InChI=1S/C27H27N5O2/c28-23-16-19(5-8-25(23)32-11-1-2-26(32)33)21-9-10-29-27-22(21)17-24(30-27)18-3-6-20(7-4-18)31-12-14-34-15-13-31/h3-10,16-17H,1-2,11-15,28H2,(H,29,30). The summed E-state index contributed by atoms with van der Waals surface area (Å²) in [6.07, 6.45) is 3.28. The van der Waals surface area contributed by atoms with E-state index in [2.05, 4.69) is 45.2 Å². The highest BCUT2D eigenvalue weighted by molar-refractivity contribution is 6.00. The first kappa shape index (κ1) is 20.7. The van der Waals surface area contributed by atoms with E-state index in [-0.39, 0.29) is 5.91 Å². The van der Waals surface area contributed by atoms with Gasteiger partial charge in [0.05, 0.1) is 24.6 Å². The third-order valence-corrected chi connectivity index (χ3v) is 6.79. The van der Waals surface area contributed by atoms with Gasteiger partial charge in [-0.25, -0.2) is 4.98 Å². The van der Waals surface area contributed by atoms with E-state index in [0.717, 1.165) is 78.4 Å². The number of benzene rings is 2. The van der Waals surface area contributed by atoms with Gasteiger partial charge in [-0.3, -0.25) is 4.79 Å². The summed E-state index contributed by atoms with van der Waals surface area (Å²) >= 11 is 0. The van der Waals surface area contributed by atoms with E-state index in [9.17, 15) is 4.79 Å². The minimum absolute atomic E-state index is 0.140. The van der Waals surface area contributed by atoms with Crippen LogP contribution in [-0.2, 0) is 9.53 Å². The molecule has 2 fully saturated rings. The molecule has 0 atom stereocenters. The van der Waals surface area contributed by atoms with Crippen LogP contribution in [0.2, 0.25) is 0 Å². The summed E-state index contributed by atoms with van der Waals surface area (Å²) in [6, 6.07) is 18.7. The van der Waals surface area contributed by atoms with Crippen molar-refractivity contribution in [1.82, 2.24) is 9.97 Å². The molecule has 6 rings (SSSR count). The largest absolute Gasteiger partial charge is 0.397 e. The highest BCUT2D eigenvalue weighted by Gasteiger charge is 2.23. The third kappa shape index (κ3) is 3.68. The lowest BCUT2D eigenvalue weighted by Gasteiger charge is -2.28. The Kier molecular flexibility index (Phi) is 5.19. The molecule has 0 unspecified atom stereocenters. The molecule has 0 bridgehead atoms. The Balaban J connectivity index is 1.32. The lowest BCUT2D eigenvalue weighted by atomic mass is 10.0. The van der Waals surface area contributed by atoms with Crippen molar-refractivity contribution in [3.05, 3.63) is 60.8 Å². The maximum absolute atomic E-state index is 12.2. The summed E-state index contributed by atoms with van der Waals surface area (Å²) < 4.78 is 5.46. The van der Waals surface area contributed by atoms with Crippen molar-refractivity contribution in [1.29, 1.82) is 0 Å². The van der Waals surface area contributed by atoms with Crippen LogP contribution in [0.15, 0.2) is 60.8 Å². The number of fused-ring (bicyclic) bond motifs is 1. The van der Waals surface area contributed by atoms with Gasteiger partial charge in [0.2, 0.25) is 5.91 Å². The van der Waals surface area contributed by atoms with E-state index in [1.54, 1.807) is 4.90 Å². The number of carbonyl (C=O) groups excluding carboxylic acids is 1. The summed E-state index contributed by atoms with van der Waals surface area (Å²) in [5.74, 6) is 0.140.